The number of carbonyl (C=O) groups excluding carboxylic acids is 1. The topological polar surface area (TPSA) is 128 Å². The van der Waals surface area contributed by atoms with Crippen LogP contribution >= 0.6 is 11.6 Å². The van der Waals surface area contributed by atoms with Crippen LogP contribution in [0.15, 0.2) is 41.2 Å². The number of benzene rings is 1. The number of H-pyrrole nitrogens is 1. The third-order valence-electron chi connectivity index (χ3n) is 6.08. The molecule has 0 spiro atoms. The first-order chi connectivity index (χ1) is 16.2. The predicted molar refractivity (Wildman–Crippen MR) is 127 cm³/mol. The number of alkyl carbamates (subject to hydrolysis) is 1. The van der Waals surface area contributed by atoms with Crippen molar-refractivity contribution >= 4 is 17.7 Å². The highest BCUT2D eigenvalue weighted by Gasteiger charge is 2.39. The van der Waals surface area contributed by atoms with Gasteiger partial charge < -0.3 is 10.1 Å². The molecule has 11 heteroatoms. The van der Waals surface area contributed by atoms with Crippen LogP contribution in [-0.4, -0.2) is 48.6 Å². The van der Waals surface area contributed by atoms with Crippen molar-refractivity contribution in [1.82, 2.24) is 35.7 Å². The normalized spacial score (nSPS) is 20.6. The Morgan fingerprint density at radius 3 is 2.68 bits per heavy atom. The zero-order valence-electron chi connectivity index (χ0n) is 19.4. The molecular formula is C23H28ClN7O3. The van der Waals surface area contributed by atoms with Gasteiger partial charge in [0.05, 0.1) is 6.04 Å². The van der Waals surface area contributed by atoms with Crippen LogP contribution in [0.3, 0.4) is 0 Å². The lowest BCUT2D eigenvalue weighted by atomic mass is 9.68. The molecule has 1 aliphatic rings. The van der Waals surface area contributed by atoms with Gasteiger partial charge in [0.1, 0.15) is 11.3 Å². The molecule has 0 aliphatic heterocycles. The maximum absolute atomic E-state index is 12.6. The van der Waals surface area contributed by atoms with E-state index in [1.165, 1.54) is 10.7 Å². The van der Waals surface area contributed by atoms with Gasteiger partial charge in [0.15, 0.2) is 5.82 Å². The molecule has 4 rings (SSSR count). The molecule has 1 aliphatic carbocycles. The van der Waals surface area contributed by atoms with Gasteiger partial charge in [-0.3, -0.25) is 4.79 Å². The maximum atomic E-state index is 12.6. The van der Waals surface area contributed by atoms with Gasteiger partial charge in [0.25, 0.3) is 5.56 Å². The molecule has 2 heterocycles. The van der Waals surface area contributed by atoms with Crippen LogP contribution in [0, 0.1) is 0 Å². The Kier molecular flexibility index (Phi) is 6.70. The fourth-order valence-electron chi connectivity index (χ4n) is 4.42. The molecule has 0 radical (unpaired) electrons. The lowest BCUT2D eigenvalue weighted by molar-refractivity contribution is 0.0504. The van der Waals surface area contributed by atoms with Crippen molar-refractivity contribution < 1.29 is 9.53 Å². The van der Waals surface area contributed by atoms with Crippen molar-refractivity contribution in [3.63, 3.8) is 0 Å². The predicted octanol–water partition coefficient (Wildman–Crippen LogP) is 3.65. The Hall–Kier alpha value is -3.27. The number of rotatable bonds is 5. The van der Waals surface area contributed by atoms with Crippen LogP contribution in [-0.2, 0) is 10.2 Å². The number of ether oxygens (including phenoxy) is 1. The second kappa shape index (κ2) is 9.54. The Morgan fingerprint density at radius 1 is 1.26 bits per heavy atom. The lowest BCUT2D eigenvalue weighted by Crippen LogP contribution is -2.45. The van der Waals surface area contributed by atoms with E-state index in [-0.39, 0.29) is 17.0 Å². The second-order valence-corrected chi connectivity index (χ2v) is 10.1. The molecule has 0 unspecified atom stereocenters. The molecular weight excluding hydrogens is 458 g/mol. The standard InChI is InChI=1S/C23H28ClN7O3/c1-22(2,3)34-21(33)25-14-23(15-5-4-6-16(24)13-15)11-9-17(10-12-23)31-19(32)8-7-18(28-31)20-26-29-30-27-20/h4-8,13,17H,9-12,14H2,1-3H3,(H,25,33)(H,26,27,29,30). The summed E-state index contributed by atoms with van der Waals surface area (Å²) in [5.41, 5.74) is 0.457. The van der Waals surface area contributed by atoms with E-state index in [1.807, 2.05) is 45.0 Å². The molecule has 10 nitrogen and oxygen atoms in total. The summed E-state index contributed by atoms with van der Waals surface area (Å²) in [5, 5.41) is 21.8. The van der Waals surface area contributed by atoms with Gasteiger partial charge in [0.2, 0.25) is 0 Å². The van der Waals surface area contributed by atoms with Crippen LogP contribution in [0.25, 0.3) is 11.5 Å². The molecule has 34 heavy (non-hydrogen) atoms. The minimum atomic E-state index is -0.582. The highest BCUT2D eigenvalue weighted by Crippen LogP contribution is 2.43. The van der Waals surface area contributed by atoms with Crippen molar-refractivity contribution in [2.45, 2.75) is 63.5 Å². The molecule has 2 aromatic heterocycles. The van der Waals surface area contributed by atoms with Gasteiger partial charge in [-0.2, -0.15) is 5.10 Å². The minimum Gasteiger partial charge on any atom is -0.444 e. The summed E-state index contributed by atoms with van der Waals surface area (Å²) in [6.07, 6.45) is 2.41. The summed E-state index contributed by atoms with van der Waals surface area (Å²) < 4.78 is 6.95. The van der Waals surface area contributed by atoms with E-state index in [1.54, 1.807) is 6.07 Å². The number of carbonyl (C=O) groups is 1. The van der Waals surface area contributed by atoms with Crippen LogP contribution in [0.5, 0.6) is 0 Å². The van der Waals surface area contributed by atoms with Gasteiger partial charge >= 0.3 is 6.09 Å². The summed E-state index contributed by atoms with van der Waals surface area (Å²) in [4.78, 5) is 25.0. The highest BCUT2D eigenvalue weighted by atomic mass is 35.5. The second-order valence-electron chi connectivity index (χ2n) is 9.63. The molecule has 0 bridgehead atoms. The Morgan fingerprint density at radius 2 is 2.03 bits per heavy atom. The number of halogens is 1. The van der Waals surface area contributed by atoms with E-state index in [0.29, 0.717) is 35.9 Å². The van der Waals surface area contributed by atoms with Gasteiger partial charge in [-0.05, 0) is 80.6 Å². The van der Waals surface area contributed by atoms with Crippen molar-refractivity contribution in [3.8, 4) is 11.5 Å². The maximum Gasteiger partial charge on any atom is 0.407 e. The van der Waals surface area contributed by atoms with Crippen molar-refractivity contribution in [2.75, 3.05) is 6.54 Å². The molecule has 1 amide bonds. The van der Waals surface area contributed by atoms with Gasteiger partial charge in [-0.25, -0.2) is 14.6 Å². The number of hydrogen-bond acceptors (Lipinski definition) is 7. The first-order valence-electron chi connectivity index (χ1n) is 11.2. The van der Waals surface area contributed by atoms with E-state index < -0.39 is 11.7 Å². The van der Waals surface area contributed by atoms with Crippen molar-refractivity contribution in [3.05, 3.63) is 57.3 Å². The van der Waals surface area contributed by atoms with Crippen LogP contribution in [0.2, 0.25) is 5.02 Å². The van der Waals surface area contributed by atoms with E-state index in [2.05, 4.69) is 31.0 Å². The van der Waals surface area contributed by atoms with E-state index >= 15 is 0 Å². The number of hydrogen-bond donors (Lipinski definition) is 2. The number of nitrogens with one attached hydrogen (secondary N) is 2. The molecule has 1 saturated carbocycles. The van der Waals surface area contributed by atoms with Gasteiger partial charge in [0, 0.05) is 23.0 Å². The zero-order chi connectivity index (χ0) is 24.3. The summed E-state index contributed by atoms with van der Waals surface area (Å²) >= 11 is 6.30. The van der Waals surface area contributed by atoms with Crippen molar-refractivity contribution in [2.24, 2.45) is 0 Å². The molecule has 2 N–H and O–H groups in total. The third-order valence-corrected chi connectivity index (χ3v) is 6.31. The van der Waals surface area contributed by atoms with E-state index in [9.17, 15) is 9.59 Å². The van der Waals surface area contributed by atoms with E-state index in [4.69, 9.17) is 16.3 Å². The molecule has 1 aromatic carbocycles. The summed E-state index contributed by atoms with van der Waals surface area (Å²) in [7, 11) is 0. The number of nitrogens with zero attached hydrogens (tertiary/aromatic N) is 5. The fourth-order valence-corrected chi connectivity index (χ4v) is 4.61. The number of amides is 1. The smallest absolute Gasteiger partial charge is 0.407 e. The number of aromatic amines is 1. The molecule has 1 fully saturated rings. The Labute approximate surface area is 202 Å². The molecule has 180 valence electrons. The molecule has 0 saturated heterocycles. The Bertz CT molecular complexity index is 1200. The van der Waals surface area contributed by atoms with Crippen LogP contribution in [0.4, 0.5) is 4.79 Å². The lowest BCUT2D eigenvalue weighted by Gasteiger charge is -2.41. The average molecular weight is 486 g/mol. The summed E-state index contributed by atoms with van der Waals surface area (Å²) in [6.45, 7) is 5.90. The number of aromatic nitrogens is 6. The Balaban J connectivity index is 1.55. The first kappa shape index (κ1) is 23.9. The largest absolute Gasteiger partial charge is 0.444 e. The summed E-state index contributed by atoms with van der Waals surface area (Å²) in [6, 6.07) is 10.7. The SMILES string of the molecule is CC(C)(C)OC(=O)NCC1(c2cccc(Cl)c2)CCC(n2nc(-c3nnn[nH]3)ccc2=O)CC1. The van der Waals surface area contributed by atoms with Crippen LogP contribution < -0.4 is 10.9 Å². The average Bonchev–Trinajstić information content (AvgIpc) is 3.32. The zero-order valence-corrected chi connectivity index (χ0v) is 20.2. The highest BCUT2D eigenvalue weighted by molar-refractivity contribution is 6.30. The first-order valence-corrected chi connectivity index (χ1v) is 11.6. The van der Waals surface area contributed by atoms with E-state index in [0.717, 1.165) is 18.4 Å². The molecule has 0 atom stereocenters. The van der Waals surface area contributed by atoms with Crippen LogP contribution in [0.1, 0.15) is 58.1 Å². The number of tetrazole rings is 1. The quantitative estimate of drug-likeness (QED) is 0.564. The molecule has 3 aromatic rings. The summed E-state index contributed by atoms with van der Waals surface area (Å²) in [5.74, 6) is 0.402. The monoisotopic (exact) mass is 485 g/mol. The van der Waals surface area contributed by atoms with Crippen molar-refractivity contribution in [1.29, 1.82) is 0 Å². The minimum absolute atomic E-state index is 0.0860. The van der Waals surface area contributed by atoms with Gasteiger partial charge in [-0.15, -0.1) is 5.10 Å². The third kappa shape index (κ3) is 5.44. The fraction of sp³-hybridized carbons (Fsp3) is 0.478. The van der Waals surface area contributed by atoms with Gasteiger partial charge in [-0.1, -0.05) is 23.7 Å².